The summed E-state index contributed by atoms with van der Waals surface area (Å²) in [7, 11) is 1.32. The fourth-order valence-electron chi connectivity index (χ4n) is 0.976. The third-order valence-corrected chi connectivity index (χ3v) is 1.63. The Morgan fingerprint density at radius 1 is 1.40 bits per heavy atom. The van der Waals surface area contributed by atoms with Crippen molar-refractivity contribution in [2.24, 2.45) is 0 Å². The van der Waals surface area contributed by atoms with Crippen LogP contribution in [0.25, 0.3) is 0 Å². The van der Waals surface area contributed by atoms with E-state index in [2.05, 4.69) is 16.8 Å². The van der Waals surface area contributed by atoms with Gasteiger partial charge in [-0.3, -0.25) is 0 Å². The van der Waals surface area contributed by atoms with Crippen LogP contribution in [0, 0.1) is 0 Å². The quantitative estimate of drug-likeness (QED) is 0.605. The minimum atomic E-state index is -0.436. The minimum absolute atomic E-state index is 0.369. The first-order valence-corrected chi connectivity index (χ1v) is 4.41. The van der Waals surface area contributed by atoms with Crippen molar-refractivity contribution in [1.82, 2.24) is 5.48 Å². The second kappa shape index (κ2) is 5.05. The minimum Gasteiger partial charge on any atom is -0.465 e. The molecule has 0 aromatic heterocycles. The maximum atomic E-state index is 11.3. The van der Waals surface area contributed by atoms with Crippen molar-refractivity contribution in [3.63, 3.8) is 0 Å². The summed E-state index contributed by atoms with van der Waals surface area (Å²) in [5.41, 5.74) is 3.60. The third-order valence-electron chi connectivity index (χ3n) is 1.63. The van der Waals surface area contributed by atoms with Crippen molar-refractivity contribution in [2.75, 3.05) is 7.11 Å². The van der Waals surface area contributed by atoms with E-state index in [9.17, 15) is 4.79 Å². The van der Waals surface area contributed by atoms with Crippen LogP contribution in [0.5, 0.6) is 5.75 Å². The number of allylic oxidation sites excluding steroid dienone is 1. The maximum Gasteiger partial charge on any atom is 0.341 e. The standard InChI is InChI=1S/C11H13NO3/c1-8(2)12-15-10-7-5-4-6-9(10)11(13)14-3/h4-7,12H,1H2,2-3H3. The van der Waals surface area contributed by atoms with Gasteiger partial charge in [-0.25, -0.2) is 10.3 Å². The Labute approximate surface area is 88.5 Å². The third kappa shape index (κ3) is 3.02. The monoisotopic (exact) mass is 207 g/mol. The molecule has 0 spiro atoms. The Kier molecular flexibility index (Phi) is 3.74. The van der Waals surface area contributed by atoms with E-state index in [1.165, 1.54) is 7.11 Å². The van der Waals surface area contributed by atoms with Gasteiger partial charge in [-0.05, 0) is 19.1 Å². The largest absolute Gasteiger partial charge is 0.465 e. The summed E-state index contributed by atoms with van der Waals surface area (Å²) in [5, 5.41) is 0. The first kappa shape index (κ1) is 11.1. The van der Waals surface area contributed by atoms with Gasteiger partial charge >= 0.3 is 5.97 Å². The summed E-state index contributed by atoms with van der Waals surface area (Å²) in [5.74, 6) is -0.0264. The zero-order chi connectivity index (χ0) is 11.3. The van der Waals surface area contributed by atoms with E-state index in [0.29, 0.717) is 17.0 Å². The number of nitrogens with one attached hydrogen (secondary N) is 1. The summed E-state index contributed by atoms with van der Waals surface area (Å²) in [4.78, 5) is 16.5. The number of hydrogen-bond acceptors (Lipinski definition) is 4. The lowest BCUT2D eigenvalue weighted by Crippen LogP contribution is -2.17. The molecule has 0 amide bonds. The fraction of sp³-hybridized carbons (Fsp3) is 0.182. The van der Waals surface area contributed by atoms with Gasteiger partial charge < -0.3 is 9.57 Å². The number of para-hydroxylation sites is 1. The highest BCUT2D eigenvalue weighted by molar-refractivity contribution is 5.92. The normalized spacial score (nSPS) is 9.20. The number of benzene rings is 1. The second-order valence-corrected chi connectivity index (χ2v) is 2.97. The maximum absolute atomic E-state index is 11.3. The van der Waals surface area contributed by atoms with Gasteiger partial charge in [0.15, 0.2) is 5.75 Å². The van der Waals surface area contributed by atoms with Crippen molar-refractivity contribution in [1.29, 1.82) is 0 Å². The van der Waals surface area contributed by atoms with Gasteiger partial charge in [0.2, 0.25) is 0 Å². The molecule has 0 aliphatic carbocycles. The van der Waals surface area contributed by atoms with E-state index in [0.717, 1.165) is 0 Å². The van der Waals surface area contributed by atoms with E-state index in [1.54, 1.807) is 31.2 Å². The molecule has 1 N–H and O–H groups in total. The van der Waals surface area contributed by atoms with Crippen molar-refractivity contribution in [3.05, 3.63) is 42.1 Å². The van der Waals surface area contributed by atoms with Crippen molar-refractivity contribution in [3.8, 4) is 5.75 Å². The number of methoxy groups -OCH3 is 1. The number of hydroxylamine groups is 1. The first-order valence-electron chi connectivity index (χ1n) is 4.41. The van der Waals surface area contributed by atoms with Gasteiger partial charge in [0.25, 0.3) is 0 Å². The van der Waals surface area contributed by atoms with E-state index >= 15 is 0 Å². The molecule has 0 atom stereocenters. The highest BCUT2D eigenvalue weighted by Crippen LogP contribution is 2.17. The number of carbonyl (C=O) groups is 1. The van der Waals surface area contributed by atoms with Gasteiger partial charge in [0, 0.05) is 5.70 Å². The highest BCUT2D eigenvalue weighted by atomic mass is 16.6. The zero-order valence-electron chi connectivity index (χ0n) is 8.74. The van der Waals surface area contributed by atoms with Crippen LogP contribution in [0.1, 0.15) is 17.3 Å². The zero-order valence-corrected chi connectivity index (χ0v) is 8.74. The molecule has 4 heteroatoms. The number of carbonyl (C=O) groups excluding carboxylic acids is 1. The predicted molar refractivity (Wildman–Crippen MR) is 56.4 cm³/mol. The number of esters is 1. The molecule has 1 aromatic rings. The molecule has 0 aliphatic rings. The summed E-state index contributed by atoms with van der Waals surface area (Å²) in [6.45, 7) is 5.36. The van der Waals surface area contributed by atoms with E-state index < -0.39 is 5.97 Å². The van der Waals surface area contributed by atoms with E-state index in [4.69, 9.17) is 4.84 Å². The Morgan fingerprint density at radius 2 is 2.07 bits per heavy atom. The van der Waals surface area contributed by atoms with Crippen LogP contribution in [0.3, 0.4) is 0 Å². The Balaban J connectivity index is 2.86. The Bertz CT molecular complexity index is 374. The lowest BCUT2D eigenvalue weighted by atomic mass is 10.2. The molecule has 0 heterocycles. The topological polar surface area (TPSA) is 47.6 Å². The molecule has 0 aliphatic heterocycles. The summed E-state index contributed by atoms with van der Waals surface area (Å²) in [6, 6.07) is 6.80. The molecule has 0 saturated carbocycles. The van der Waals surface area contributed by atoms with Crippen LogP contribution in [-0.4, -0.2) is 13.1 Å². The number of ether oxygens (including phenoxy) is 1. The van der Waals surface area contributed by atoms with Crippen LogP contribution in [0.4, 0.5) is 0 Å². The molecule has 0 bridgehead atoms. The Morgan fingerprint density at radius 3 is 2.67 bits per heavy atom. The first-order chi connectivity index (χ1) is 7.15. The van der Waals surface area contributed by atoms with Gasteiger partial charge in [-0.1, -0.05) is 18.7 Å². The van der Waals surface area contributed by atoms with E-state index in [-0.39, 0.29) is 0 Å². The second-order valence-electron chi connectivity index (χ2n) is 2.97. The lowest BCUT2D eigenvalue weighted by molar-refractivity contribution is 0.0593. The molecule has 80 valence electrons. The summed E-state index contributed by atoms with van der Waals surface area (Å²) in [6.07, 6.45) is 0. The van der Waals surface area contributed by atoms with E-state index in [1.807, 2.05) is 0 Å². The van der Waals surface area contributed by atoms with Gasteiger partial charge in [-0.15, -0.1) is 0 Å². The summed E-state index contributed by atoms with van der Waals surface area (Å²) < 4.78 is 4.61. The SMILES string of the molecule is C=C(C)NOc1ccccc1C(=O)OC. The lowest BCUT2D eigenvalue weighted by Gasteiger charge is -2.10. The number of hydrogen-bond donors (Lipinski definition) is 1. The Hall–Kier alpha value is -1.97. The number of rotatable bonds is 4. The highest BCUT2D eigenvalue weighted by Gasteiger charge is 2.12. The molecule has 1 rings (SSSR count). The average molecular weight is 207 g/mol. The molecule has 0 saturated heterocycles. The molecule has 0 unspecified atom stereocenters. The van der Waals surface area contributed by atoms with Crippen LogP contribution in [0.2, 0.25) is 0 Å². The van der Waals surface area contributed by atoms with Crippen LogP contribution in [-0.2, 0) is 4.74 Å². The average Bonchev–Trinajstić information content (AvgIpc) is 2.25. The molecule has 0 radical (unpaired) electrons. The molecule has 4 nitrogen and oxygen atoms in total. The van der Waals surface area contributed by atoms with Gasteiger partial charge in [0.05, 0.1) is 7.11 Å². The molecular formula is C11H13NO3. The molecular weight excluding hydrogens is 194 g/mol. The smallest absolute Gasteiger partial charge is 0.341 e. The molecule has 0 fully saturated rings. The van der Waals surface area contributed by atoms with Gasteiger partial charge in [0.1, 0.15) is 5.56 Å². The van der Waals surface area contributed by atoms with Crippen molar-refractivity contribution < 1.29 is 14.4 Å². The molecule has 15 heavy (non-hydrogen) atoms. The van der Waals surface area contributed by atoms with Crippen LogP contribution in [0.15, 0.2) is 36.5 Å². The van der Waals surface area contributed by atoms with Crippen LogP contribution < -0.4 is 10.3 Å². The van der Waals surface area contributed by atoms with Crippen molar-refractivity contribution >= 4 is 5.97 Å². The van der Waals surface area contributed by atoms with Crippen molar-refractivity contribution in [2.45, 2.75) is 6.92 Å². The predicted octanol–water partition coefficient (Wildman–Crippen LogP) is 1.89. The molecule has 1 aromatic carbocycles. The fourth-order valence-corrected chi connectivity index (χ4v) is 0.976. The van der Waals surface area contributed by atoms with Gasteiger partial charge in [-0.2, -0.15) is 0 Å². The van der Waals surface area contributed by atoms with Crippen LogP contribution >= 0.6 is 0 Å². The summed E-state index contributed by atoms with van der Waals surface area (Å²) >= 11 is 0.